The summed E-state index contributed by atoms with van der Waals surface area (Å²) < 4.78 is 60.3. The van der Waals surface area contributed by atoms with Gasteiger partial charge in [-0.15, -0.1) is 0 Å². The van der Waals surface area contributed by atoms with Crippen molar-refractivity contribution < 1.29 is 37.6 Å². The first-order valence-corrected chi connectivity index (χ1v) is 11.0. The van der Waals surface area contributed by atoms with Gasteiger partial charge in [-0.25, -0.2) is 17.6 Å². The van der Waals surface area contributed by atoms with E-state index in [-0.39, 0.29) is 26.8 Å². The highest BCUT2D eigenvalue weighted by molar-refractivity contribution is 7.99. The van der Waals surface area contributed by atoms with E-state index in [9.17, 15) is 32.9 Å². The van der Waals surface area contributed by atoms with Gasteiger partial charge in [0.1, 0.15) is 47.4 Å². The molecule has 14 heteroatoms. The number of aliphatic hydroxyl groups is 3. The van der Waals surface area contributed by atoms with Crippen molar-refractivity contribution in [2.45, 2.75) is 34.7 Å². The number of nitriles is 1. The zero-order chi connectivity index (χ0) is 25.9. The molecule has 1 saturated heterocycles. The monoisotopic (exact) mass is 532 g/mol. The second-order valence-corrected chi connectivity index (χ2v) is 8.78. The predicted molar refractivity (Wildman–Crippen MR) is 119 cm³/mol. The van der Waals surface area contributed by atoms with Crippen molar-refractivity contribution in [1.82, 2.24) is 0 Å². The Morgan fingerprint density at radius 2 is 1.80 bits per heavy atom. The lowest BCUT2D eigenvalue weighted by atomic mass is 9.98. The zero-order valence-corrected chi connectivity index (χ0v) is 19.0. The minimum Gasteiger partial charge on any atom is -0.394 e. The lowest BCUT2D eigenvalue weighted by Crippen LogP contribution is -2.56. The van der Waals surface area contributed by atoms with Gasteiger partial charge in [0.25, 0.3) is 0 Å². The van der Waals surface area contributed by atoms with Gasteiger partial charge in [0.2, 0.25) is 0 Å². The third-order valence-electron chi connectivity index (χ3n) is 5.02. The van der Waals surface area contributed by atoms with Gasteiger partial charge >= 0.3 is 0 Å². The average Bonchev–Trinajstić information content (AvgIpc) is 2.83. The van der Waals surface area contributed by atoms with Crippen molar-refractivity contribution in [1.29, 1.82) is 5.26 Å². The van der Waals surface area contributed by atoms with E-state index in [4.69, 9.17) is 27.4 Å². The van der Waals surface area contributed by atoms with Crippen LogP contribution in [0.4, 0.5) is 17.6 Å². The summed E-state index contributed by atoms with van der Waals surface area (Å²) >= 11 is 6.61. The number of hydrazone groups is 1. The molecule has 8 nitrogen and oxygen atoms in total. The summed E-state index contributed by atoms with van der Waals surface area (Å²) in [4.78, 5) is 3.90. The second-order valence-electron chi connectivity index (χ2n) is 7.24. The van der Waals surface area contributed by atoms with Crippen LogP contribution in [-0.4, -0.2) is 63.6 Å². The zero-order valence-electron chi connectivity index (χ0n) is 17.4. The lowest BCUT2D eigenvalue weighted by molar-refractivity contribution is -0.159. The normalized spacial score (nSPS) is 25.1. The van der Waals surface area contributed by atoms with Crippen molar-refractivity contribution in [2.75, 3.05) is 6.61 Å². The fourth-order valence-electron chi connectivity index (χ4n) is 3.21. The summed E-state index contributed by atoms with van der Waals surface area (Å²) in [6.07, 6.45) is -3.51. The molecule has 0 bridgehead atoms. The van der Waals surface area contributed by atoms with Crippen LogP contribution < -0.4 is 5.84 Å². The number of nitrogens with two attached hydrogens (primary N) is 1. The van der Waals surface area contributed by atoms with Crippen LogP contribution in [0.5, 0.6) is 0 Å². The molecule has 3 rings (SSSR count). The highest BCUT2D eigenvalue weighted by Crippen LogP contribution is 2.37. The number of aliphatic imine (C=N–C) groups is 1. The van der Waals surface area contributed by atoms with Crippen molar-refractivity contribution in [3.05, 3.63) is 63.7 Å². The molecule has 0 amide bonds. The maximum absolute atomic E-state index is 14.4. The molecule has 2 aromatic rings. The summed E-state index contributed by atoms with van der Waals surface area (Å²) in [6.45, 7) is -0.695. The molecule has 0 radical (unpaired) electrons. The van der Waals surface area contributed by atoms with Crippen LogP contribution in [0, 0.1) is 34.6 Å². The minimum atomic E-state index is -1.70. The number of thioether (sulfide) groups is 1. The standard InChI is InChI=1S/C21H17ClF4N4O4S/c22-10-4-16(11(23)3-9(10)5-27)35-21-20(33)18(19(32)15(7-31)34-21)29-6-14(30-28)8-1-12(24)17(26)13(25)2-8/h1-4,6,15,18-21,31-33H,7,28H2/t15?,18?,19-,20?,21+/m0/s1. The van der Waals surface area contributed by atoms with Crippen LogP contribution in [0.3, 0.4) is 0 Å². The largest absolute Gasteiger partial charge is 0.394 e. The van der Waals surface area contributed by atoms with Gasteiger partial charge in [0.05, 0.1) is 17.2 Å². The first kappa shape index (κ1) is 26.9. The maximum atomic E-state index is 14.4. The molecule has 5 N–H and O–H groups in total. The second kappa shape index (κ2) is 11.3. The van der Waals surface area contributed by atoms with Gasteiger partial charge in [-0.3, -0.25) is 4.99 Å². The average molecular weight is 533 g/mol. The smallest absolute Gasteiger partial charge is 0.194 e. The van der Waals surface area contributed by atoms with Gasteiger partial charge in [-0.05, 0) is 24.3 Å². The van der Waals surface area contributed by atoms with Gasteiger partial charge < -0.3 is 25.9 Å². The fourth-order valence-corrected chi connectivity index (χ4v) is 4.59. The van der Waals surface area contributed by atoms with E-state index in [1.54, 1.807) is 6.07 Å². The summed E-state index contributed by atoms with van der Waals surface area (Å²) in [7, 11) is 0. The van der Waals surface area contributed by atoms with Crippen LogP contribution in [0.2, 0.25) is 5.02 Å². The fraction of sp³-hybridized carbons (Fsp3) is 0.286. The molecule has 0 saturated carbocycles. The number of aliphatic hydroxyl groups excluding tert-OH is 3. The molecule has 35 heavy (non-hydrogen) atoms. The molecular weight excluding hydrogens is 516 g/mol. The third-order valence-corrected chi connectivity index (χ3v) is 6.52. The first-order valence-electron chi connectivity index (χ1n) is 9.75. The van der Waals surface area contributed by atoms with Crippen molar-refractivity contribution in [3.63, 3.8) is 0 Å². The molecule has 1 fully saturated rings. The molecule has 1 aliphatic heterocycles. The van der Waals surface area contributed by atoms with E-state index in [1.165, 1.54) is 0 Å². The van der Waals surface area contributed by atoms with Crippen molar-refractivity contribution >= 4 is 35.3 Å². The van der Waals surface area contributed by atoms with Gasteiger partial charge in [-0.1, -0.05) is 23.4 Å². The Balaban J connectivity index is 1.89. The molecule has 186 valence electrons. The van der Waals surface area contributed by atoms with Crippen LogP contribution in [0.15, 0.2) is 39.3 Å². The SMILES string of the molecule is N#Cc1cc(F)c(S[C@H]2OC(CO)[C@H](O)C(N=CC(=NN)c3cc(F)c(F)c(F)c3)C2O)cc1Cl. The van der Waals surface area contributed by atoms with E-state index >= 15 is 0 Å². The van der Waals surface area contributed by atoms with Crippen LogP contribution in [0.1, 0.15) is 11.1 Å². The van der Waals surface area contributed by atoms with Crippen LogP contribution in [-0.2, 0) is 4.74 Å². The summed E-state index contributed by atoms with van der Waals surface area (Å²) in [5.41, 5.74) is -1.96. The quantitative estimate of drug-likeness (QED) is 0.147. The Labute approximate surface area is 205 Å². The summed E-state index contributed by atoms with van der Waals surface area (Å²) in [6, 6.07) is 3.65. The topological polar surface area (TPSA) is 144 Å². The van der Waals surface area contributed by atoms with E-state index in [0.29, 0.717) is 23.9 Å². The van der Waals surface area contributed by atoms with Crippen LogP contribution in [0.25, 0.3) is 0 Å². The number of nitrogens with zero attached hydrogens (tertiary/aromatic N) is 3. The molecule has 5 atom stereocenters. The minimum absolute atomic E-state index is 0.0439. The van der Waals surface area contributed by atoms with E-state index < -0.39 is 59.7 Å². The van der Waals surface area contributed by atoms with Crippen molar-refractivity contribution in [3.8, 4) is 6.07 Å². The Bertz CT molecular complexity index is 1190. The van der Waals surface area contributed by atoms with E-state index in [1.807, 2.05) is 0 Å². The number of hydrogen-bond donors (Lipinski definition) is 4. The molecule has 1 heterocycles. The Hall–Kier alpha value is -2.73. The van der Waals surface area contributed by atoms with Gasteiger partial charge in [0, 0.05) is 16.7 Å². The van der Waals surface area contributed by atoms with Crippen LogP contribution >= 0.6 is 23.4 Å². The molecule has 2 aromatic carbocycles. The summed E-state index contributed by atoms with van der Waals surface area (Å²) in [5.74, 6) is -0.265. The first-order chi connectivity index (χ1) is 16.6. The molecule has 1 aliphatic rings. The molecule has 0 aliphatic carbocycles. The van der Waals surface area contributed by atoms with E-state index in [2.05, 4.69) is 10.1 Å². The Morgan fingerprint density at radius 1 is 1.14 bits per heavy atom. The number of rotatable bonds is 6. The predicted octanol–water partition coefficient (Wildman–Crippen LogP) is 2.10. The van der Waals surface area contributed by atoms with E-state index in [0.717, 1.165) is 18.3 Å². The molecule has 3 unspecified atom stereocenters. The summed E-state index contributed by atoms with van der Waals surface area (Å²) in [5, 5.41) is 43.1. The number of benzene rings is 2. The molecule has 0 aromatic heterocycles. The number of halogens is 5. The van der Waals surface area contributed by atoms with Crippen molar-refractivity contribution in [2.24, 2.45) is 15.9 Å². The number of ether oxygens (including phenoxy) is 1. The maximum Gasteiger partial charge on any atom is 0.194 e. The molecular formula is C21H17ClF4N4O4S. The van der Waals surface area contributed by atoms with Gasteiger partial charge in [-0.2, -0.15) is 10.4 Å². The molecule has 0 spiro atoms. The highest BCUT2D eigenvalue weighted by atomic mass is 35.5. The Kier molecular flexibility index (Phi) is 8.70. The third kappa shape index (κ3) is 5.75. The number of hydrogen-bond acceptors (Lipinski definition) is 9. The lowest BCUT2D eigenvalue weighted by Gasteiger charge is -2.40. The highest BCUT2D eigenvalue weighted by Gasteiger charge is 2.45. The van der Waals surface area contributed by atoms with Gasteiger partial charge in [0.15, 0.2) is 17.5 Å². The Morgan fingerprint density at radius 3 is 2.37 bits per heavy atom.